The number of hydrogen-bond acceptors (Lipinski definition) is 1. The maximum absolute atomic E-state index is 12.1. The van der Waals surface area contributed by atoms with E-state index in [9.17, 15) is 4.79 Å². The van der Waals surface area contributed by atoms with Gasteiger partial charge < -0.3 is 4.90 Å². The number of likely N-dealkylation sites (tertiary alicyclic amines) is 1. The first-order chi connectivity index (χ1) is 7.22. The Bertz CT molecular complexity index is 240. The first-order valence-corrected chi connectivity index (χ1v) is 6.60. The number of hydrogen-bond donors (Lipinski definition) is 0. The van der Waals surface area contributed by atoms with Gasteiger partial charge in [-0.05, 0) is 37.5 Å². The first kappa shape index (κ1) is 11.3. The van der Waals surface area contributed by atoms with Gasteiger partial charge in [0.1, 0.15) is 0 Å². The van der Waals surface area contributed by atoms with Crippen LogP contribution in [0.25, 0.3) is 0 Å². The molecule has 15 heavy (non-hydrogen) atoms. The van der Waals surface area contributed by atoms with E-state index in [4.69, 9.17) is 11.6 Å². The molecule has 0 bridgehead atoms. The lowest BCUT2D eigenvalue weighted by Crippen LogP contribution is -2.43. The molecule has 0 spiro atoms. The van der Waals surface area contributed by atoms with Gasteiger partial charge in [0.15, 0.2) is 0 Å². The van der Waals surface area contributed by atoms with Crippen LogP contribution < -0.4 is 0 Å². The van der Waals surface area contributed by atoms with Gasteiger partial charge in [0, 0.05) is 24.9 Å². The maximum atomic E-state index is 12.1. The number of carbonyl (C=O) groups is 1. The Morgan fingerprint density at radius 1 is 1.47 bits per heavy atom. The van der Waals surface area contributed by atoms with Gasteiger partial charge in [-0.25, -0.2) is 0 Å². The van der Waals surface area contributed by atoms with Crippen molar-refractivity contribution in [2.24, 2.45) is 17.8 Å². The number of piperidine rings is 1. The zero-order valence-electron chi connectivity index (χ0n) is 9.42. The van der Waals surface area contributed by atoms with Crippen molar-refractivity contribution < 1.29 is 4.79 Å². The minimum Gasteiger partial charge on any atom is -0.342 e. The SMILES string of the molecule is CC(C(=O)N1CCCC(CCl)C1)C1CC1. The molecule has 1 saturated carbocycles. The number of nitrogens with zero attached hydrogens (tertiary/aromatic N) is 1. The van der Waals surface area contributed by atoms with E-state index in [0.717, 1.165) is 19.5 Å². The van der Waals surface area contributed by atoms with Gasteiger partial charge in [-0.15, -0.1) is 11.6 Å². The summed E-state index contributed by atoms with van der Waals surface area (Å²) in [6.45, 7) is 3.92. The van der Waals surface area contributed by atoms with E-state index >= 15 is 0 Å². The molecule has 0 aromatic heterocycles. The highest BCUT2D eigenvalue weighted by Gasteiger charge is 2.36. The summed E-state index contributed by atoms with van der Waals surface area (Å²) >= 11 is 5.87. The average molecular weight is 230 g/mol. The second-order valence-electron chi connectivity index (χ2n) is 5.07. The van der Waals surface area contributed by atoms with Crippen LogP contribution in [0.15, 0.2) is 0 Å². The first-order valence-electron chi connectivity index (χ1n) is 6.07. The van der Waals surface area contributed by atoms with Crippen LogP contribution in [-0.2, 0) is 4.79 Å². The zero-order valence-corrected chi connectivity index (χ0v) is 10.2. The van der Waals surface area contributed by atoms with Gasteiger partial charge in [0.05, 0.1) is 0 Å². The van der Waals surface area contributed by atoms with Gasteiger partial charge in [0.2, 0.25) is 5.91 Å². The Morgan fingerprint density at radius 3 is 2.80 bits per heavy atom. The average Bonchev–Trinajstić information content (AvgIpc) is 3.11. The number of alkyl halides is 1. The Balaban J connectivity index is 1.88. The minimum absolute atomic E-state index is 0.249. The summed E-state index contributed by atoms with van der Waals surface area (Å²) in [7, 11) is 0. The van der Waals surface area contributed by atoms with Crippen LogP contribution in [0.3, 0.4) is 0 Å². The topological polar surface area (TPSA) is 20.3 Å². The smallest absolute Gasteiger partial charge is 0.225 e. The second kappa shape index (κ2) is 4.73. The highest BCUT2D eigenvalue weighted by atomic mass is 35.5. The van der Waals surface area contributed by atoms with Gasteiger partial charge in [-0.1, -0.05) is 6.92 Å². The molecule has 2 aliphatic rings. The number of carbonyl (C=O) groups excluding carboxylic acids is 1. The molecule has 2 rings (SSSR count). The van der Waals surface area contributed by atoms with E-state index < -0.39 is 0 Å². The molecule has 1 aliphatic carbocycles. The minimum atomic E-state index is 0.249. The molecular weight excluding hydrogens is 210 g/mol. The Hall–Kier alpha value is -0.240. The Labute approximate surface area is 97.0 Å². The number of amides is 1. The summed E-state index contributed by atoms with van der Waals surface area (Å²) < 4.78 is 0. The predicted molar refractivity (Wildman–Crippen MR) is 61.9 cm³/mol. The monoisotopic (exact) mass is 229 g/mol. The molecule has 2 nitrogen and oxygen atoms in total. The summed E-state index contributed by atoms with van der Waals surface area (Å²) in [5.41, 5.74) is 0. The second-order valence-corrected chi connectivity index (χ2v) is 5.38. The Morgan fingerprint density at radius 2 is 2.20 bits per heavy atom. The molecule has 3 heteroatoms. The van der Waals surface area contributed by atoms with E-state index in [-0.39, 0.29) is 5.92 Å². The fourth-order valence-electron chi connectivity index (χ4n) is 2.48. The fourth-order valence-corrected chi connectivity index (χ4v) is 2.73. The van der Waals surface area contributed by atoms with Crippen LogP contribution in [0.5, 0.6) is 0 Å². The third-order valence-corrected chi connectivity index (χ3v) is 4.20. The zero-order chi connectivity index (χ0) is 10.8. The van der Waals surface area contributed by atoms with Crippen molar-refractivity contribution in [2.45, 2.75) is 32.6 Å². The molecular formula is C12H20ClNO. The standard InChI is InChI=1S/C12H20ClNO/c1-9(11-4-5-11)12(15)14-6-2-3-10(7-13)8-14/h9-11H,2-8H2,1H3. The summed E-state index contributed by atoms with van der Waals surface area (Å²) in [5, 5.41) is 0. The molecule has 1 heterocycles. The molecule has 2 unspecified atom stereocenters. The van der Waals surface area contributed by atoms with Crippen molar-refractivity contribution in [3.8, 4) is 0 Å². The Kier molecular flexibility index (Phi) is 3.55. The molecule has 2 fully saturated rings. The quantitative estimate of drug-likeness (QED) is 0.681. The van der Waals surface area contributed by atoms with Crippen LogP contribution in [-0.4, -0.2) is 29.8 Å². The van der Waals surface area contributed by atoms with Gasteiger partial charge in [-0.2, -0.15) is 0 Å². The van der Waals surface area contributed by atoms with Crippen molar-refractivity contribution in [3.63, 3.8) is 0 Å². The molecule has 0 N–H and O–H groups in total. The van der Waals surface area contributed by atoms with Crippen molar-refractivity contribution in [1.29, 1.82) is 0 Å². The lowest BCUT2D eigenvalue weighted by atomic mass is 9.97. The van der Waals surface area contributed by atoms with Crippen molar-refractivity contribution in [1.82, 2.24) is 4.90 Å². The van der Waals surface area contributed by atoms with E-state index in [1.807, 2.05) is 4.90 Å². The van der Waals surface area contributed by atoms with E-state index in [1.54, 1.807) is 0 Å². The maximum Gasteiger partial charge on any atom is 0.225 e. The van der Waals surface area contributed by atoms with Crippen molar-refractivity contribution in [2.75, 3.05) is 19.0 Å². The van der Waals surface area contributed by atoms with Crippen LogP contribution in [0.4, 0.5) is 0 Å². The summed E-state index contributed by atoms with van der Waals surface area (Å²) in [5.74, 6) is 2.51. The van der Waals surface area contributed by atoms with E-state index in [2.05, 4.69) is 6.92 Å². The van der Waals surface area contributed by atoms with Gasteiger partial charge in [0.25, 0.3) is 0 Å². The summed E-state index contributed by atoms with van der Waals surface area (Å²) in [4.78, 5) is 14.2. The van der Waals surface area contributed by atoms with Crippen molar-refractivity contribution >= 4 is 17.5 Å². The third kappa shape index (κ3) is 2.66. The van der Waals surface area contributed by atoms with Crippen LogP contribution in [0.2, 0.25) is 0 Å². The van der Waals surface area contributed by atoms with Crippen LogP contribution in [0.1, 0.15) is 32.6 Å². The van der Waals surface area contributed by atoms with E-state index in [1.165, 1.54) is 19.3 Å². The molecule has 1 amide bonds. The number of rotatable bonds is 3. The highest BCUT2D eigenvalue weighted by Crippen LogP contribution is 2.37. The molecule has 0 aromatic rings. The molecule has 1 aliphatic heterocycles. The molecule has 0 radical (unpaired) electrons. The van der Waals surface area contributed by atoms with Crippen LogP contribution in [0, 0.1) is 17.8 Å². The lowest BCUT2D eigenvalue weighted by molar-refractivity contribution is -0.137. The third-order valence-electron chi connectivity index (χ3n) is 3.77. The summed E-state index contributed by atoms with van der Waals surface area (Å²) in [6.07, 6.45) is 4.81. The normalized spacial score (nSPS) is 28.9. The highest BCUT2D eigenvalue weighted by molar-refractivity contribution is 6.18. The number of halogens is 1. The summed E-state index contributed by atoms with van der Waals surface area (Å²) in [6, 6.07) is 0. The van der Waals surface area contributed by atoms with Gasteiger partial charge in [-0.3, -0.25) is 4.79 Å². The predicted octanol–water partition coefficient (Wildman–Crippen LogP) is 2.51. The molecule has 2 atom stereocenters. The lowest BCUT2D eigenvalue weighted by Gasteiger charge is -2.33. The molecule has 0 aromatic carbocycles. The van der Waals surface area contributed by atoms with Crippen LogP contribution >= 0.6 is 11.6 Å². The van der Waals surface area contributed by atoms with Crippen molar-refractivity contribution in [3.05, 3.63) is 0 Å². The molecule has 1 saturated heterocycles. The molecule has 86 valence electrons. The van der Waals surface area contributed by atoms with Gasteiger partial charge >= 0.3 is 0 Å². The van der Waals surface area contributed by atoms with E-state index in [0.29, 0.717) is 23.6 Å². The largest absolute Gasteiger partial charge is 0.342 e. The fraction of sp³-hybridized carbons (Fsp3) is 0.917.